The van der Waals surface area contributed by atoms with E-state index in [1.165, 1.54) is 22.5 Å². The number of halogens is 1. The summed E-state index contributed by atoms with van der Waals surface area (Å²) < 4.78 is 39.9. The summed E-state index contributed by atoms with van der Waals surface area (Å²) in [6.45, 7) is 1.87. The number of rotatable bonds is 6. The molecule has 4 nitrogen and oxygen atoms in total. The third kappa shape index (κ3) is 3.34. The Morgan fingerprint density at radius 2 is 2.15 bits per heavy atom. The number of sulfonamides is 1. The van der Waals surface area contributed by atoms with Crippen molar-refractivity contribution in [1.29, 1.82) is 0 Å². The van der Waals surface area contributed by atoms with E-state index in [1.54, 1.807) is 6.92 Å². The molecule has 2 N–H and O–H groups in total. The lowest BCUT2D eigenvalue weighted by atomic mass is 10.2. The molecule has 7 heteroatoms. The Balaban J connectivity index is 2.32. The minimum absolute atomic E-state index is 0.0128. The molecule has 1 aromatic carbocycles. The quantitative estimate of drug-likeness (QED) is 0.815. The highest BCUT2D eigenvalue weighted by molar-refractivity contribution is 7.89. The normalized spacial score (nSPS) is 15.6. The van der Waals surface area contributed by atoms with Crippen LogP contribution < -0.4 is 5.73 Å². The van der Waals surface area contributed by atoms with Crippen LogP contribution in [0.25, 0.3) is 0 Å². The van der Waals surface area contributed by atoms with E-state index < -0.39 is 15.8 Å². The molecule has 0 heterocycles. The fourth-order valence-corrected chi connectivity index (χ4v) is 4.10. The summed E-state index contributed by atoms with van der Waals surface area (Å²) in [5.41, 5.74) is 5.86. The van der Waals surface area contributed by atoms with Gasteiger partial charge in [0.25, 0.3) is 0 Å². The van der Waals surface area contributed by atoms with E-state index in [0.717, 1.165) is 12.8 Å². The molecule has 1 aromatic rings. The van der Waals surface area contributed by atoms with E-state index in [1.807, 2.05) is 0 Å². The number of thiocarbonyl (C=S) groups is 1. The van der Waals surface area contributed by atoms with Crippen molar-refractivity contribution in [3.8, 4) is 0 Å². The Labute approximate surface area is 123 Å². The SMILES string of the molecule is Cc1cc(F)ccc1S(=O)(=O)N(CCC(N)=S)C1CC1. The minimum atomic E-state index is -3.63. The molecule has 2 rings (SSSR count). The second-order valence-electron chi connectivity index (χ2n) is 4.97. The average Bonchev–Trinajstić information content (AvgIpc) is 3.12. The summed E-state index contributed by atoms with van der Waals surface area (Å²) in [6.07, 6.45) is 2.04. The summed E-state index contributed by atoms with van der Waals surface area (Å²) in [5.74, 6) is -0.442. The topological polar surface area (TPSA) is 63.4 Å². The Morgan fingerprint density at radius 1 is 1.50 bits per heavy atom. The summed E-state index contributed by atoms with van der Waals surface area (Å²) in [4.78, 5) is 0.440. The zero-order valence-corrected chi connectivity index (χ0v) is 12.8. The van der Waals surface area contributed by atoms with Gasteiger partial charge in [0.1, 0.15) is 5.82 Å². The Morgan fingerprint density at radius 3 is 2.65 bits per heavy atom. The van der Waals surface area contributed by atoms with Crippen LogP contribution in [0.5, 0.6) is 0 Å². The summed E-state index contributed by atoms with van der Waals surface area (Å²) in [7, 11) is -3.63. The lowest BCUT2D eigenvalue weighted by molar-refractivity contribution is 0.412. The number of hydrogen-bond acceptors (Lipinski definition) is 3. The van der Waals surface area contributed by atoms with E-state index in [0.29, 0.717) is 17.0 Å². The molecule has 0 radical (unpaired) electrons. The molecule has 1 aliphatic rings. The molecule has 0 aromatic heterocycles. The van der Waals surface area contributed by atoms with Crippen LogP contribution in [0.3, 0.4) is 0 Å². The first-order chi connectivity index (χ1) is 9.32. The van der Waals surface area contributed by atoms with Crippen LogP contribution in [-0.4, -0.2) is 30.3 Å². The van der Waals surface area contributed by atoms with Gasteiger partial charge in [0, 0.05) is 19.0 Å². The Bertz CT molecular complexity index is 627. The van der Waals surface area contributed by atoms with Crippen LogP contribution in [0, 0.1) is 12.7 Å². The van der Waals surface area contributed by atoms with Gasteiger partial charge < -0.3 is 5.73 Å². The average molecular weight is 316 g/mol. The van der Waals surface area contributed by atoms with Crippen molar-refractivity contribution in [2.24, 2.45) is 5.73 Å². The second kappa shape index (κ2) is 5.75. The van der Waals surface area contributed by atoms with Crippen LogP contribution >= 0.6 is 12.2 Å². The van der Waals surface area contributed by atoms with Gasteiger partial charge in [-0.1, -0.05) is 12.2 Å². The van der Waals surface area contributed by atoms with Gasteiger partial charge in [-0.05, 0) is 43.5 Å². The largest absolute Gasteiger partial charge is 0.393 e. The van der Waals surface area contributed by atoms with Crippen LogP contribution in [0.4, 0.5) is 4.39 Å². The second-order valence-corrected chi connectivity index (χ2v) is 7.36. The highest BCUT2D eigenvalue weighted by atomic mass is 32.2. The maximum atomic E-state index is 13.1. The van der Waals surface area contributed by atoms with Crippen molar-refractivity contribution in [2.75, 3.05) is 6.54 Å². The molecule has 1 fully saturated rings. The lowest BCUT2D eigenvalue weighted by Gasteiger charge is -2.22. The zero-order chi connectivity index (χ0) is 14.9. The smallest absolute Gasteiger partial charge is 0.243 e. The van der Waals surface area contributed by atoms with Gasteiger partial charge in [-0.3, -0.25) is 0 Å². The Kier molecular flexibility index (Phi) is 4.41. The lowest BCUT2D eigenvalue weighted by Crippen LogP contribution is -2.36. The van der Waals surface area contributed by atoms with Crippen molar-refractivity contribution in [3.63, 3.8) is 0 Å². The summed E-state index contributed by atoms with van der Waals surface area (Å²) in [5, 5.41) is 0. The van der Waals surface area contributed by atoms with Gasteiger partial charge in [0.2, 0.25) is 10.0 Å². The highest BCUT2D eigenvalue weighted by Crippen LogP contribution is 2.33. The zero-order valence-electron chi connectivity index (χ0n) is 11.2. The first kappa shape index (κ1) is 15.3. The predicted molar refractivity (Wildman–Crippen MR) is 79.5 cm³/mol. The molecular formula is C13H17FN2O2S2. The first-order valence-corrected chi connectivity index (χ1v) is 8.23. The van der Waals surface area contributed by atoms with E-state index in [9.17, 15) is 12.8 Å². The molecule has 0 aliphatic heterocycles. The Hall–Kier alpha value is -1.05. The van der Waals surface area contributed by atoms with E-state index in [2.05, 4.69) is 0 Å². The molecule has 110 valence electrons. The van der Waals surface area contributed by atoms with Gasteiger partial charge in [-0.2, -0.15) is 4.31 Å². The minimum Gasteiger partial charge on any atom is -0.393 e. The fourth-order valence-electron chi connectivity index (χ4n) is 2.11. The van der Waals surface area contributed by atoms with Crippen LogP contribution in [0.1, 0.15) is 24.8 Å². The van der Waals surface area contributed by atoms with Gasteiger partial charge >= 0.3 is 0 Å². The predicted octanol–water partition coefficient (Wildman–Crippen LogP) is 1.96. The van der Waals surface area contributed by atoms with Gasteiger partial charge in [0.15, 0.2) is 0 Å². The molecule has 0 spiro atoms. The maximum absolute atomic E-state index is 13.1. The molecule has 20 heavy (non-hydrogen) atoms. The van der Waals surface area contributed by atoms with E-state index in [-0.39, 0.29) is 17.5 Å². The van der Waals surface area contributed by atoms with Crippen LogP contribution in [0.2, 0.25) is 0 Å². The van der Waals surface area contributed by atoms with Crippen LogP contribution in [0.15, 0.2) is 23.1 Å². The van der Waals surface area contributed by atoms with Crippen molar-refractivity contribution < 1.29 is 12.8 Å². The third-order valence-electron chi connectivity index (χ3n) is 3.26. The molecule has 0 bridgehead atoms. The van der Waals surface area contributed by atoms with Gasteiger partial charge in [0.05, 0.1) is 9.88 Å². The monoisotopic (exact) mass is 316 g/mol. The number of benzene rings is 1. The van der Waals surface area contributed by atoms with E-state index >= 15 is 0 Å². The fraction of sp³-hybridized carbons (Fsp3) is 0.462. The summed E-state index contributed by atoms with van der Waals surface area (Å²) in [6, 6.07) is 3.72. The first-order valence-electron chi connectivity index (χ1n) is 6.38. The number of nitrogens with two attached hydrogens (primary N) is 1. The number of nitrogens with zero attached hydrogens (tertiary/aromatic N) is 1. The highest BCUT2D eigenvalue weighted by Gasteiger charge is 2.38. The van der Waals surface area contributed by atoms with E-state index in [4.69, 9.17) is 18.0 Å². The molecule has 0 unspecified atom stereocenters. The number of aryl methyl sites for hydroxylation is 1. The molecule has 0 atom stereocenters. The molecular weight excluding hydrogens is 299 g/mol. The molecule has 0 saturated heterocycles. The van der Waals surface area contributed by atoms with Gasteiger partial charge in [-0.15, -0.1) is 0 Å². The number of hydrogen-bond donors (Lipinski definition) is 1. The van der Waals surface area contributed by atoms with Crippen molar-refractivity contribution in [1.82, 2.24) is 4.31 Å². The third-order valence-corrected chi connectivity index (χ3v) is 5.57. The molecule has 0 amide bonds. The van der Waals surface area contributed by atoms with Gasteiger partial charge in [-0.25, -0.2) is 12.8 Å². The molecule has 1 saturated carbocycles. The standard InChI is InChI=1S/C13H17FN2O2S2/c1-9-8-10(14)2-5-12(9)20(17,18)16(11-3-4-11)7-6-13(15)19/h2,5,8,11H,3-4,6-7H2,1H3,(H2,15,19). The maximum Gasteiger partial charge on any atom is 0.243 e. The molecule has 1 aliphatic carbocycles. The summed E-state index contributed by atoms with van der Waals surface area (Å²) >= 11 is 4.81. The van der Waals surface area contributed by atoms with Crippen molar-refractivity contribution >= 4 is 27.2 Å². The van der Waals surface area contributed by atoms with Crippen molar-refractivity contribution in [3.05, 3.63) is 29.6 Å². The van der Waals surface area contributed by atoms with Crippen molar-refractivity contribution in [2.45, 2.75) is 37.1 Å². The van der Waals surface area contributed by atoms with Crippen LogP contribution in [-0.2, 0) is 10.0 Å².